The van der Waals surface area contributed by atoms with Crippen LogP contribution in [-0.4, -0.2) is 23.6 Å². The fourth-order valence-corrected chi connectivity index (χ4v) is 1.66. The normalized spacial score (nSPS) is 9.33. The smallest absolute Gasteiger partial charge is 0.306 e. The topological polar surface area (TPSA) is 91.2 Å². The zero-order valence-corrected chi connectivity index (χ0v) is 12.3. The van der Waals surface area contributed by atoms with Crippen LogP contribution in [0.1, 0.15) is 25.3 Å². The van der Waals surface area contributed by atoms with Gasteiger partial charge >= 0.3 is 5.97 Å². The summed E-state index contributed by atoms with van der Waals surface area (Å²) < 4.78 is 4.72. The molecular formula is C14H15N3O3S. The van der Waals surface area contributed by atoms with Gasteiger partial charge in [0.2, 0.25) is 5.91 Å². The number of nitriles is 1. The molecule has 110 valence electrons. The van der Waals surface area contributed by atoms with E-state index in [1.165, 1.54) is 0 Å². The molecule has 1 aromatic carbocycles. The van der Waals surface area contributed by atoms with Crippen LogP contribution in [0.5, 0.6) is 0 Å². The number of nitrogens with zero attached hydrogens (tertiary/aromatic N) is 1. The van der Waals surface area contributed by atoms with Crippen LogP contribution in [0.15, 0.2) is 24.3 Å². The zero-order chi connectivity index (χ0) is 15.7. The minimum Gasteiger partial charge on any atom is -0.466 e. The SMILES string of the molecule is CCOC(=O)CCC(=O)NC(=S)Nc1ccc(C#N)cc1. The molecule has 1 rings (SSSR count). The number of rotatable bonds is 5. The van der Waals surface area contributed by atoms with E-state index in [0.717, 1.165) is 0 Å². The van der Waals surface area contributed by atoms with Gasteiger partial charge in [0.05, 0.1) is 24.7 Å². The summed E-state index contributed by atoms with van der Waals surface area (Å²) in [6.07, 6.45) is 0.0210. The average molecular weight is 305 g/mol. The standard InChI is InChI=1S/C14H15N3O3S/c1-2-20-13(19)8-7-12(18)17-14(21)16-11-5-3-10(9-15)4-6-11/h3-6H,2,7-8H2,1H3,(H2,16,17,18,21). The molecule has 0 aliphatic carbocycles. The quantitative estimate of drug-likeness (QED) is 0.636. The third kappa shape index (κ3) is 6.49. The van der Waals surface area contributed by atoms with Crippen molar-refractivity contribution in [2.24, 2.45) is 0 Å². The molecular weight excluding hydrogens is 290 g/mol. The molecule has 7 heteroatoms. The van der Waals surface area contributed by atoms with Gasteiger partial charge in [0.1, 0.15) is 0 Å². The first kappa shape index (κ1) is 16.6. The van der Waals surface area contributed by atoms with Gasteiger partial charge in [-0.3, -0.25) is 9.59 Å². The summed E-state index contributed by atoms with van der Waals surface area (Å²) in [5.41, 5.74) is 1.19. The predicted molar refractivity (Wildman–Crippen MR) is 81.4 cm³/mol. The lowest BCUT2D eigenvalue weighted by molar-refractivity contribution is -0.144. The third-order valence-electron chi connectivity index (χ3n) is 2.39. The Morgan fingerprint density at radius 1 is 1.29 bits per heavy atom. The number of anilines is 1. The lowest BCUT2D eigenvalue weighted by Crippen LogP contribution is -2.34. The van der Waals surface area contributed by atoms with Gasteiger partial charge in [0.15, 0.2) is 5.11 Å². The van der Waals surface area contributed by atoms with Crippen LogP contribution in [0, 0.1) is 11.3 Å². The van der Waals surface area contributed by atoms with Crippen LogP contribution in [-0.2, 0) is 14.3 Å². The largest absolute Gasteiger partial charge is 0.466 e. The molecule has 6 nitrogen and oxygen atoms in total. The van der Waals surface area contributed by atoms with Crippen molar-refractivity contribution in [2.75, 3.05) is 11.9 Å². The Labute approximate surface area is 128 Å². The van der Waals surface area contributed by atoms with Crippen molar-refractivity contribution in [2.45, 2.75) is 19.8 Å². The van der Waals surface area contributed by atoms with Crippen molar-refractivity contribution in [3.63, 3.8) is 0 Å². The Hall–Kier alpha value is -2.46. The summed E-state index contributed by atoms with van der Waals surface area (Å²) in [5, 5.41) is 14.1. The number of benzene rings is 1. The van der Waals surface area contributed by atoms with E-state index in [2.05, 4.69) is 10.6 Å². The molecule has 0 fully saturated rings. The van der Waals surface area contributed by atoms with E-state index in [-0.39, 0.29) is 23.9 Å². The Kier molecular flexibility index (Phi) is 6.84. The van der Waals surface area contributed by atoms with Gasteiger partial charge in [0.25, 0.3) is 0 Å². The summed E-state index contributed by atoms with van der Waals surface area (Å²) in [7, 11) is 0. The summed E-state index contributed by atoms with van der Waals surface area (Å²) in [6, 6.07) is 8.62. The lowest BCUT2D eigenvalue weighted by Gasteiger charge is -2.09. The van der Waals surface area contributed by atoms with Gasteiger partial charge in [-0.25, -0.2) is 0 Å². The number of ether oxygens (including phenoxy) is 1. The molecule has 2 N–H and O–H groups in total. The molecule has 1 aromatic rings. The maximum absolute atomic E-state index is 11.6. The van der Waals surface area contributed by atoms with Crippen LogP contribution in [0.2, 0.25) is 0 Å². The fraction of sp³-hybridized carbons (Fsp3) is 0.286. The van der Waals surface area contributed by atoms with Gasteiger partial charge in [-0.2, -0.15) is 5.26 Å². The Morgan fingerprint density at radius 2 is 1.95 bits per heavy atom. The summed E-state index contributed by atoms with van der Waals surface area (Å²) in [4.78, 5) is 22.7. The van der Waals surface area contributed by atoms with Gasteiger partial charge < -0.3 is 15.4 Å². The maximum Gasteiger partial charge on any atom is 0.306 e. The van der Waals surface area contributed by atoms with Crippen LogP contribution >= 0.6 is 12.2 Å². The first-order valence-corrected chi connectivity index (χ1v) is 6.72. The molecule has 1 amide bonds. The minimum absolute atomic E-state index is 0.00796. The van der Waals surface area contributed by atoms with Gasteiger partial charge in [-0.05, 0) is 43.4 Å². The Morgan fingerprint density at radius 3 is 2.52 bits per heavy atom. The van der Waals surface area contributed by atoms with Gasteiger partial charge in [-0.15, -0.1) is 0 Å². The Bertz CT molecular complexity index is 564. The molecule has 0 aromatic heterocycles. The monoisotopic (exact) mass is 305 g/mol. The highest BCUT2D eigenvalue weighted by Crippen LogP contribution is 2.08. The molecule has 0 aliphatic heterocycles. The van der Waals surface area contributed by atoms with Gasteiger partial charge in [0, 0.05) is 12.1 Å². The van der Waals surface area contributed by atoms with Crippen molar-refractivity contribution in [3.05, 3.63) is 29.8 Å². The number of esters is 1. The first-order valence-electron chi connectivity index (χ1n) is 6.31. The molecule has 0 saturated heterocycles. The summed E-state index contributed by atoms with van der Waals surface area (Å²) >= 11 is 4.98. The van der Waals surface area contributed by atoms with E-state index < -0.39 is 5.97 Å². The second-order valence-corrected chi connectivity index (χ2v) is 4.40. The van der Waals surface area contributed by atoms with Crippen molar-refractivity contribution >= 4 is 34.9 Å². The highest BCUT2D eigenvalue weighted by Gasteiger charge is 2.09. The van der Waals surface area contributed by atoms with E-state index in [9.17, 15) is 9.59 Å². The molecule has 0 aliphatic rings. The van der Waals surface area contributed by atoms with Gasteiger partial charge in [-0.1, -0.05) is 0 Å². The number of thiocarbonyl (C=S) groups is 1. The molecule has 0 heterocycles. The highest BCUT2D eigenvalue weighted by molar-refractivity contribution is 7.80. The van der Waals surface area contributed by atoms with Crippen LogP contribution in [0.25, 0.3) is 0 Å². The predicted octanol–water partition coefficient (Wildman–Crippen LogP) is 1.71. The molecule has 0 radical (unpaired) electrons. The van der Waals surface area contributed by atoms with Crippen LogP contribution < -0.4 is 10.6 Å². The van der Waals surface area contributed by atoms with E-state index in [1.807, 2.05) is 6.07 Å². The second-order valence-electron chi connectivity index (χ2n) is 4.00. The molecule has 0 saturated carbocycles. The Balaban J connectivity index is 2.37. The molecule has 0 atom stereocenters. The van der Waals surface area contributed by atoms with Crippen LogP contribution in [0.4, 0.5) is 5.69 Å². The molecule has 21 heavy (non-hydrogen) atoms. The van der Waals surface area contributed by atoms with Crippen LogP contribution in [0.3, 0.4) is 0 Å². The number of hydrogen-bond donors (Lipinski definition) is 2. The molecule has 0 unspecified atom stereocenters. The second kappa shape index (κ2) is 8.66. The minimum atomic E-state index is -0.418. The number of carbonyl (C=O) groups excluding carboxylic acids is 2. The number of amides is 1. The number of nitrogens with one attached hydrogen (secondary N) is 2. The molecule has 0 bridgehead atoms. The third-order valence-corrected chi connectivity index (χ3v) is 2.59. The highest BCUT2D eigenvalue weighted by atomic mass is 32.1. The zero-order valence-electron chi connectivity index (χ0n) is 11.5. The van der Waals surface area contributed by atoms with Crippen molar-refractivity contribution in [1.29, 1.82) is 5.26 Å². The van der Waals surface area contributed by atoms with Crippen molar-refractivity contribution in [1.82, 2.24) is 5.32 Å². The van der Waals surface area contributed by atoms with Crippen molar-refractivity contribution < 1.29 is 14.3 Å². The van der Waals surface area contributed by atoms with E-state index in [4.69, 9.17) is 22.2 Å². The maximum atomic E-state index is 11.6. The molecule has 0 spiro atoms. The summed E-state index contributed by atoms with van der Waals surface area (Å²) in [6.45, 7) is 1.99. The number of hydrogen-bond acceptors (Lipinski definition) is 5. The lowest BCUT2D eigenvalue weighted by atomic mass is 10.2. The summed E-state index contributed by atoms with van der Waals surface area (Å²) in [5.74, 6) is -0.784. The van der Waals surface area contributed by atoms with E-state index in [0.29, 0.717) is 17.9 Å². The van der Waals surface area contributed by atoms with Crippen molar-refractivity contribution in [3.8, 4) is 6.07 Å². The average Bonchev–Trinajstić information content (AvgIpc) is 2.46. The van der Waals surface area contributed by atoms with E-state index >= 15 is 0 Å². The van der Waals surface area contributed by atoms with E-state index in [1.54, 1.807) is 31.2 Å². The number of carbonyl (C=O) groups is 2. The first-order chi connectivity index (χ1) is 10.0. The fourth-order valence-electron chi connectivity index (χ4n) is 1.43.